The van der Waals surface area contributed by atoms with E-state index in [9.17, 15) is 4.79 Å². The highest BCUT2D eigenvalue weighted by Gasteiger charge is 2.05. The van der Waals surface area contributed by atoms with Gasteiger partial charge in [-0.2, -0.15) is 0 Å². The van der Waals surface area contributed by atoms with Crippen molar-refractivity contribution in [2.24, 2.45) is 0 Å². The lowest BCUT2D eigenvalue weighted by Gasteiger charge is -1.97. The molecule has 1 aromatic carbocycles. The van der Waals surface area contributed by atoms with E-state index >= 15 is 0 Å². The summed E-state index contributed by atoms with van der Waals surface area (Å²) in [5.74, 6) is 0. The van der Waals surface area contributed by atoms with Gasteiger partial charge in [-0.25, -0.2) is 0 Å². The molecule has 1 aromatic heterocycles. The molecule has 0 aliphatic carbocycles. The molecule has 0 aliphatic heterocycles. The van der Waals surface area contributed by atoms with Crippen molar-refractivity contribution in [1.29, 1.82) is 0 Å². The Morgan fingerprint density at radius 3 is 2.88 bits per heavy atom. The van der Waals surface area contributed by atoms with Gasteiger partial charge in [-0.1, -0.05) is 29.8 Å². The minimum Gasteiger partial charge on any atom is -0.464 e. The molecule has 4 heteroatoms. The fraction of sp³-hybridized carbons (Fsp3) is 0.308. The molecule has 0 fully saturated rings. The molecule has 0 unspecified atom stereocenters. The van der Waals surface area contributed by atoms with Crippen LogP contribution in [0.3, 0.4) is 0 Å². The zero-order valence-corrected chi connectivity index (χ0v) is 11.6. The van der Waals surface area contributed by atoms with Gasteiger partial charge in [0.25, 0.3) is 0 Å². The van der Waals surface area contributed by atoms with E-state index in [1.807, 2.05) is 32.0 Å². The summed E-state index contributed by atoms with van der Waals surface area (Å²) in [6, 6.07) is 5.93. The summed E-state index contributed by atoms with van der Waals surface area (Å²) in [4.78, 5) is 10.1. The third-order valence-corrected chi connectivity index (χ3v) is 2.73. The van der Waals surface area contributed by atoms with Crippen LogP contribution in [0.15, 0.2) is 33.4 Å². The van der Waals surface area contributed by atoms with Crippen LogP contribution in [0.4, 0.5) is 0 Å². The lowest BCUT2D eigenvalue weighted by molar-refractivity contribution is -0.109. The van der Waals surface area contributed by atoms with Crippen molar-refractivity contribution >= 4 is 33.3 Å². The van der Waals surface area contributed by atoms with Crippen molar-refractivity contribution in [2.75, 3.05) is 6.54 Å². The number of hydrogen-bond acceptors (Lipinski definition) is 2. The molecular weight excluding hydrogens is 282 g/mol. The molecule has 0 atom stereocenters. The fourth-order valence-electron chi connectivity index (χ4n) is 1.52. The summed E-state index contributed by atoms with van der Waals surface area (Å²) < 4.78 is 6.42. The van der Waals surface area contributed by atoms with Gasteiger partial charge in [0.15, 0.2) is 0 Å². The van der Waals surface area contributed by atoms with Gasteiger partial charge >= 0.3 is 0 Å². The van der Waals surface area contributed by atoms with Crippen LogP contribution < -0.4 is 5.32 Å². The fourth-order valence-corrected chi connectivity index (χ4v) is 1.86. The van der Waals surface area contributed by atoms with E-state index in [0.717, 1.165) is 27.4 Å². The molecule has 0 saturated heterocycles. The maximum atomic E-state index is 10.1. The zero-order valence-electron chi connectivity index (χ0n) is 10.00. The molecule has 1 N–H and O–H groups in total. The van der Waals surface area contributed by atoms with Crippen LogP contribution >= 0.6 is 15.9 Å². The number of halogens is 1. The van der Waals surface area contributed by atoms with Crippen molar-refractivity contribution in [3.05, 3.63) is 34.5 Å². The maximum Gasteiger partial charge on any atom is 0.207 e. The molecule has 92 valence electrons. The molecule has 0 saturated carbocycles. The first-order chi connectivity index (χ1) is 8.31. The van der Waals surface area contributed by atoms with Crippen LogP contribution in [-0.4, -0.2) is 13.0 Å². The van der Waals surface area contributed by atoms with E-state index in [2.05, 4.69) is 21.2 Å². The number of benzene rings is 1. The molecular formula is C13H16BrNO2. The predicted molar refractivity (Wildman–Crippen MR) is 73.0 cm³/mol. The summed E-state index contributed by atoms with van der Waals surface area (Å²) in [5.41, 5.74) is 1.98. The number of carbonyl (C=O) groups excluding carboxylic acids is 1. The smallest absolute Gasteiger partial charge is 0.207 e. The monoisotopic (exact) mass is 297 g/mol. The van der Waals surface area contributed by atoms with E-state index in [1.54, 1.807) is 6.26 Å². The zero-order chi connectivity index (χ0) is 12.7. The first kappa shape index (κ1) is 13.8. The number of fused-ring (bicyclic) bond motifs is 1. The maximum absolute atomic E-state index is 10.1. The Kier molecular flexibility index (Phi) is 5.77. The standard InChI is InChI=1S/C11H10BrNO2.C2H6/c12-9-1-2-10-8(3-4-13-7-14)6-15-11(10)5-9;1-2/h1-2,5-7H,3-4H2,(H,13,14);1-2H3. The SMILES string of the molecule is CC.O=CNCCc1coc2cc(Br)ccc12. The van der Waals surface area contributed by atoms with Crippen molar-refractivity contribution in [3.63, 3.8) is 0 Å². The number of rotatable bonds is 4. The molecule has 0 spiro atoms. The minimum atomic E-state index is 0.633. The second kappa shape index (κ2) is 7.12. The summed E-state index contributed by atoms with van der Waals surface area (Å²) >= 11 is 3.39. The van der Waals surface area contributed by atoms with Gasteiger partial charge in [-0.05, 0) is 30.2 Å². The van der Waals surface area contributed by atoms with Gasteiger partial charge in [0.05, 0.1) is 6.26 Å². The van der Waals surface area contributed by atoms with Crippen LogP contribution in [0.1, 0.15) is 19.4 Å². The normalized spacial score (nSPS) is 9.59. The van der Waals surface area contributed by atoms with Crippen LogP contribution in [0.25, 0.3) is 11.0 Å². The highest BCUT2D eigenvalue weighted by atomic mass is 79.9. The Labute approximate surface area is 109 Å². The number of carbonyl (C=O) groups is 1. The first-order valence-corrected chi connectivity index (χ1v) is 6.43. The largest absolute Gasteiger partial charge is 0.464 e. The van der Waals surface area contributed by atoms with E-state index in [1.165, 1.54) is 0 Å². The predicted octanol–water partition coefficient (Wildman–Crippen LogP) is 3.51. The van der Waals surface area contributed by atoms with Crippen LogP contribution in [-0.2, 0) is 11.2 Å². The summed E-state index contributed by atoms with van der Waals surface area (Å²) in [5, 5.41) is 3.73. The molecule has 17 heavy (non-hydrogen) atoms. The minimum absolute atomic E-state index is 0.633. The average molecular weight is 298 g/mol. The average Bonchev–Trinajstić information content (AvgIpc) is 2.75. The Balaban J connectivity index is 0.000000686. The summed E-state index contributed by atoms with van der Waals surface area (Å²) in [6.07, 6.45) is 3.23. The molecule has 3 nitrogen and oxygen atoms in total. The summed E-state index contributed by atoms with van der Waals surface area (Å²) in [7, 11) is 0. The van der Waals surface area contributed by atoms with Crippen molar-refractivity contribution in [1.82, 2.24) is 5.32 Å². The number of amides is 1. The third kappa shape index (κ3) is 3.60. The van der Waals surface area contributed by atoms with Crippen molar-refractivity contribution < 1.29 is 9.21 Å². The number of nitrogens with one attached hydrogen (secondary N) is 1. The molecule has 1 heterocycles. The molecule has 2 rings (SSSR count). The van der Waals surface area contributed by atoms with Gasteiger partial charge in [0.1, 0.15) is 5.58 Å². The molecule has 0 bridgehead atoms. The van der Waals surface area contributed by atoms with E-state index < -0.39 is 0 Å². The molecule has 1 amide bonds. The van der Waals surface area contributed by atoms with Gasteiger partial charge < -0.3 is 9.73 Å². The van der Waals surface area contributed by atoms with E-state index in [-0.39, 0.29) is 0 Å². The van der Waals surface area contributed by atoms with E-state index in [0.29, 0.717) is 13.0 Å². The second-order valence-electron chi connectivity index (χ2n) is 3.22. The number of furan rings is 1. The van der Waals surface area contributed by atoms with Crippen molar-refractivity contribution in [3.8, 4) is 0 Å². The quantitative estimate of drug-likeness (QED) is 0.693. The molecule has 2 aromatic rings. The van der Waals surface area contributed by atoms with Gasteiger partial charge in [0, 0.05) is 16.4 Å². The Morgan fingerprint density at radius 1 is 1.41 bits per heavy atom. The Hall–Kier alpha value is -1.29. The third-order valence-electron chi connectivity index (χ3n) is 2.24. The van der Waals surface area contributed by atoms with Crippen LogP contribution in [0, 0.1) is 0 Å². The molecule has 0 radical (unpaired) electrons. The number of hydrogen-bond donors (Lipinski definition) is 1. The Bertz CT molecular complexity index is 479. The van der Waals surface area contributed by atoms with Gasteiger partial charge in [0.2, 0.25) is 6.41 Å². The lowest BCUT2D eigenvalue weighted by Crippen LogP contribution is -2.13. The van der Waals surface area contributed by atoms with Gasteiger partial charge in [-0.3, -0.25) is 4.79 Å². The van der Waals surface area contributed by atoms with Crippen molar-refractivity contribution in [2.45, 2.75) is 20.3 Å². The first-order valence-electron chi connectivity index (χ1n) is 5.64. The topological polar surface area (TPSA) is 42.2 Å². The van der Waals surface area contributed by atoms with Gasteiger partial charge in [-0.15, -0.1) is 0 Å². The molecule has 0 aliphatic rings. The van der Waals surface area contributed by atoms with Crippen LogP contribution in [0.2, 0.25) is 0 Å². The lowest BCUT2D eigenvalue weighted by atomic mass is 10.1. The summed E-state index contributed by atoms with van der Waals surface area (Å²) in [6.45, 7) is 4.63. The van der Waals surface area contributed by atoms with Crippen LogP contribution in [0.5, 0.6) is 0 Å². The highest BCUT2D eigenvalue weighted by Crippen LogP contribution is 2.24. The highest BCUT2D eigenvalue weighted by molar-refractivity contribution is 9.10. The second-order valence-corrected chi connectivity index (χ2v) is 4.14. The van der Waals surface area contributed by atoms with E-state index in [4.69, 9.17) is 4.42 Å². The Morgan fingerprint density at radius 2 is 2.18 bits per heavy atom.